The molecule has 2 aliphatic rings. The van der Waals surface area contributed by atoms with Gasteiger partial charge in [0.2, 0.25) is 17.7 Å². The summed E-state index contributed by atoms with van der Waals surface area (Å²) in [5, 5.41) is 2.96. The van der Waals surface area contributed by atoms with Crippen molar-refractivity contribution in [1.82, 2.24) is 10.2 Å². The molecule has 1 aliphatic heterocycles. The number of nitrogens with zero attached hydrogens (tertiary/aromatic N) is 1. The Hall–Kier alpha value is -2.08. The number of allylic oxidation sites excluding steroid dienone is 2. The topological polar surface area (TPSA) is 66.5 Å². The lowest BCUT2D eigenvalue weighted by molar-refractivity contribution is -0.148. The van der Waals surface area contributed by atoms with Crippen LogP contribution in [0.5, 0.6) is 0 Å². The Bertz CT molecular complexity index is 823. The highest BCUT2D eigenvalue weighted by Crippen LogP contribution is 2.37. The number of hydrogen-bond donors (Lipinski definition) is 1. The van der Waals surface area contributed by atoms with E-state index < -0.39 is 6.04 Å². The van der Waals surface area contributed by atoms with Gasteiger partial charge in [0.25, 0.3) is 0 Å². The van der Waals surface area contributed by atoms with Gasteiger partial charge in [0, 0.05) is 17.2 Å². The van der Waals surface area contributed by atoms with Crippen LogP contribution in [0.1, 0.15) is 44.2 Å². The summed E-state index contributed by atoms with van der Waals surface area (Å²) >= 11 is 1.69. The maximum atomic E-state index is 13.0. The second-order valence-corrected chi connectivity index (χ2v) is 9.90. The molecule has 30 heavy (non-hydrogen) atoms. The van der Waals surface area contributed by atoms with Crippen LogP contribution in [0.25, 0.3) is 0 Å². The Morgan fingerprint density at radius 2 is 1.73 bits per heavy atom. The van der Waals surface area contributed by atoms with Crippen LogP contribution in [-0.4, -0.2) is 41.0 Å². The van der Waals surface area contributed by atoms with E-state index in [2.05, 4.69) is 37.4 Å². The van der Waals surface area contributed by atoms with Crippen LogP contribution in [0.15, 0.2) is 35.2 Å². The Morgan fingerprint density at radius 1 is 1.10 bits per heavy atom. The second-order valence-electron chi connectivity index (χ2n) is 8.73. The number of aryl methyl sites for hydroxylation is 2. The number of thioether (sulfide) groups is 1. The van der Waals surface area contributed by atoms with Gasteiger partial charge in [-0.3, -0.25) is 19.3 Å². The Morgan fingerprint density at radius 3 is 2.30 bits per heavy atom. The first-order valence-corrected chi connectivity index (χ1v) is 11.8. The van der Waals surface area contributed by atoms with Crippen LogP contribution in [-0.2, 0) is 14.4 Å². The molecule has 1 N–H and O–H groups in total. The molecule has 0 radical (unpaired) electrons. The zero-order valence-corrected chi connectivity index (χ0v) is 19.1. The van der Waals surface area contributed by atoms with E-state index in [0.29, 0.717) is 25.8 Å². The standard InChI is InChI=1S/C24H32N2O3S/c1-15(2)13-21(26-23(28)19-7-5-6-8-20(19)24(26)29)22(27)25-11-12-30-18-10-9-16(3)17(4)14-18/h5-6,9-10,14-15,19-21H,7-8,11-13H2,1-4H3,(H,25,27). The lowest BCUT2D eigenvalue weighted by atomic mass is 9.85. The average Bonchev–Trinajstić information content (AvgIpc) is 2.96. The molecule has 5 nitrogen and oxygen atoms in total. The first-order valence-electron chi connectivity index (χ1n) is 10.8. The van der Waals surface area contributed by atoms with Crippen LogP contribution in [0, 0.1) is 31.6 Å². The lowest BCUT2D eigenvalue weighted by Crippen LogP contribution is -2.51. The number of nitrogens with one attached hydrogen (secondary N) is 1. The van der Waals surface area contributed by atoms with Crippen LogP contribution in [0.4, 0.5) is 0 Å². The van der Waals surface area contributed by atoms with Crippen molar-refractivity contribution in [3.8, 4) is 0 Å². The van der Waals surface area contributed by atoms with Gasteiger partial charge >= 0.3 is 0 Å². The number of hydrogen-bond acceptors (Lipinski definition) is 4. The summed E-state index contributed by atoms with van der Waals surface area (Å²) in [7, 11) is 0. The van der Waals surface area contributed by atoms with Crippen molar-refractivity contribution in [2.24, 2.45) is 17.8 Å². The molecule has 3 unspecified atom stereocenters. The zero-order valence-electron chi connectivity index (χ0n) is 18.3. The number of likely N-dealkylation sites (tertiary alicyclic amines) is 1. The number of amides is 3. The van der Waals surface area contributed by atoms with E-state index >= 15 is 0 Å². The Kier molecular flexibility index (Phi) is 7.40. The molecule has 3 amide bonds. The van der Waals surface area contributed by atoms with E-state index in [0.717, 1.165) is 5.75 Å². The van der Waals surface area contributed by atoms with E-state index in [4.69, 9.17) is 0 Å². The summed E-state index contributed by atoms with van der Waals surface area (Å²) in [6.45, 7) is 8.70. The minimum Gasteiger partial charge on any atom is -0.353 e. The molecule has 1 aliphatic carbocycles. The van der Waals surface area contributed by atoms with Gasteiger partial charge in [-0.05, 0) is 62.3 Å². The molecule has 0 spiro atoms. The minimum absolute atomic E-state index is 0.181. The number of carbonyl (C=O) groups excluding carboxylic acids is 3. The monoisotopic (exact) mass is 428 g/mol. The maximum absolute atomic E-state index is 13.0. The number of rotatable bonds is 8. The van der Waals surface area contributed by atoms with Gasteiger partial charge in [-0.25, -0.2) is 0 Å². The minimum atomic E-state index is -0.720. The van der Waals surface area contributed by atoms with Gasteiger partial charge in [0.1, 0.15) is 6.04 Å². The van der Waals surface area contributed by atoms with Crippen LogP contribution < -0.4 is 5.32 Å². The molecule has 3 rings (SSSR count). The Balaban J connectivity index is 1.61. The van der Waals surface area contributed by atoms with Crippen LogP contribution in [0.3, 0.4) is 0 Å². The van der Waals surface area contributed by atoms with E-state index in [1.54, 1.807) is 11.8 Å². The predicted octanol–water partition coefficient (Wildman–Crippen LogP) is 3.88. The van der Waals surface area contributed by atoms with E-state index in [1.165, 1.54) is 20.9 Å². The molecule has 1 fully saturated rings. The first kappa shape index (κ1) is 22.6. The third kappa shape index (κ3) is 4.97. The van der Waals surface area contributed by atoms with Crippen molar-refractivity contribution in [2.45, 2.75) is 57.9 Å². The molecule has 162 valence electrons. The zero-order chi connectivity index (χ0) is 21.8. The highest BCUT2D eigenvalue weighted by Gasteiger charge is 2.51. The largest absolute Gasteiger partial charge is 0.353 e. The van der Waals surface area contributed by atoms with E-state index in [-0.39, 0.29) is 35.5 Å². The van der Waals surface area contributed by atoms with Gasteiger partial charge in [-0.15, -0.1) is 11.8 Å². The average molecular weight is 429 g/mol. The maximum Gasteiger partial charge on any atom is 0.243 e. The quantitative estimate of drug-likeness (QED) is 0.295. The summed E-state index contributed by atoms with van der Waals surface area (Å²) in [4.78, 5) is 41.3. The smallest absolute Gasteiger partial charge is 0.243 e. The summed E-state index contributed by atoms with van der Waals surface area (Å²) < 4.78 is 0. The molecule has 6 heteroatoms. The van der Waals surface area contributed by atoms with Crippen LogP contribution in [0.2, 0.25) is 0 Å². The predicted molar refractivity (Wildman–Crippen MR) is 120 cm³/mol. The third-order valence-electron chi connectivity index (χ3n) is 6.00. The lowest BCUT2D eigenvalue weighted by Gasteiger charge is -2.27. The summed E-state index contributed by atoms with van der Waals surface area (Å²) in [5.41, 5.74) is 2.52. The SMILES string of the molecule is Cc1ccc(SCCNC(=O)C(CC(C)C)N2C(=O)C3CC=CCC3C2=O)cc1C. The molecule has 0 bridgehead atoms. The van der Waals surface area contributed by atoms with Gasteiger partial charge < -0.3 is 5.32 Å². The molecular formula is C24H32N2O3S. The van der Waals surface area contributed by atoms with Crippen molar-refractivity contribution < 1.29 is 14.4 Å². The number of carbonyl (C=O) groups is 3. The highest BCUT2D eigenvalue weighted by atomic mass is 32.2. The van der Waals surface area contributed by atoms with Gasteiger partial charge in [-0.2, -0.15) is 0 Å². The van der Waals surface area contributed by atoms with Gasteiger partial charge in [0.05, 0.1) is 11.8 Å². The van der Waals surface area contributed by atoms with Crippen molar-refractivity contribution in [3.05, 3.63) is 41.5 Å². The van der Waals surface area contributed by atoms with Crippen molar-refractivity contribution in [2.75, 3.05) is 12.3 Å². The van der Waals surface area contributed by atoms with Gasteiger partial charge in [-0.1, -0.05) is 32.1 Å². The molecule has 0 aromatic heterocycles. The highest BCUT2D eigenvalue weighted by molar-refractivity contribution is 7.99. The van der Waals surface area contributed by atoms with Crippen LogP contribution >= 0.6 is 11.8 Å². The van der Waals surface area contributed by atoms with E-state index in [1.807, 2.05) is 26.0 Å². The Labute approximate surface area is 183 Å². The van der Waals surface area contributed by atoms with Crippen molar-refractivity contribution in [3.63, 3.8) is 0 Å². The number of benzene rings is 1. The number of fused-ring (bicyclic) bond motifs is 1. The molecule has 1 aromatic carbocycles. The second kappa shape index (κ2) is 9.82. The van der Waals surface area contributed by atoms with E-state index in [9.17, 15) is 14.4 Å². The van der Waals surface area contributed by atoms with Gasteiger partial charge in [0.15, 0.2) is 0 Å². The number of imide groups is 1. The fourth-order valence-electron chi connectivity index (χ4n) is 4.17. The summed E-state index contributed by atoms with van der Waals surface area (Å²) in [6, 6.07) is 5.63. The van der Waals surface area contributed by atoms with Crippen molar-refractivity contribution in [1.29, 1.82) is 0 Å². The fraction of sp³-hybridized carbons (Fsp3) is 0.542. The molecule has 1 saturated heterocycles. The third-order valence-corrected chi connectivity index (χ3v) is 6.99. The molecule has 0 saturated carbocycles. The summed E-state index contributed by atoms with van der Waals surface area (Å²) in [6.07, 6.45) is 5.61. The summed E-state index contributed by atoms with van der Waals surface area (Å²) in [5.74, 6) is -0.251. The molecule has 1 heterocycles. The fourth-order valence-corrected chi connectivity index (χ4v) is 5.04. The van der Waals surface area contributed by atoms with Crippen molar-refractivity contribution >= 4 is 29.5 Å². The molecule has 1 aromatic rings. The first-order chi connectivity index (χ1) is 14.3. The normalized spacial score (nSPS) is 21.8. The molecular weight excluding hydrogens is 396 g/mol. The molecule has 3 atom stereocenters.